The molecular formula is C15H15NO7. The Morgan fingerprint density at radius 3 is 2.57 bits per heavy atom. The van der Waals surface area contributed by atoms with Gasteiger partial charge in [0.05, 0.1) is 0 Å². The van der Waals surface area contributed by atoms with Gasteiger partial charge in [-0.3, -0.25) is 4.98 Å². The number of rotatable bonds is 3. The Morgan fingerprint density at radius 2 is 1.83 bits per heavy atom. The molecule has 2 heterocycles. The molecule has 1 aliphatic rings. The SMILES string of the molecule is O=C(O)C1O[C@@H](Oc2cccc3cccnc23)[C@H](O)C(O)C1O. The number of aliphatic hydroxyl groups excluding tert-OH is 3. The largest absolute Gasteiger partial charge is 0.479 e. The van der Waals surface area contributed by atoms with E-state index in [0.717, 1.165) is 5.39 Å². The molecule has 0 radical (unpaired) electrons. The minimum absolute atomic E-state index is 0.264. The van der Waals surface area contributed by atoms with Gasteiger partial charge in [-0.1, -0.05) is 18.2 Å². The van der Waals surface area contributed by atoms with Crippen molar-refractivity contribution in [1.82, 2.24) is 4.98 Å². The molecule has 0 aliphatic carbocycles. The molecule has 8 heteroatoms. The van der Waals surface area contributed by atoms with Crippen molar-refractivity contribution in [3.05, 3.63) is 36.5 Å². The average molecular weight is 321 g/mol. The summed E-state index contributed by atoms with van der Waals surface area (Å²) in [5.74, 6) is -1.20. The third kappa shape index (κ3) is 2.84. The van der Waals surface area contributed by atoms with E-state index in [1.807, 2.05) is 12.1 Å². The molecule has 1 saturated heterocycles. The standard InChI is InChI=1S/C15H15NO7/c17-10-11(18)13(14(20)21)23-15(12(10)19)22-8-5-1-3-7-4-2-6-16-9(7)8/h1-6,10-13,15,17-19H,(H,20,21)/t10?,11?,12-,13?,15-/m1/s1. The molecule has 0 amide bonds. The summed E-state index contributed by atoms with van der Waals surface area (Å²) in [6.07, 6.45) is -6.68. The summed E-state index contributed by atoms with van der Waals surface area (Å²) < 4.78 is 10.6. The third-order valence-corrected chi connectivity index (χ3v) is 3.65. The van der Waals surface area contributed by atoms with Gasteiger partial charge in [0.15, 0.2) is 6.10 Å². The Balaban J connectivity index is 1.90. The summed E-state index contributed by atoms with van der Waals surface area (Å²) in [5, 5.41) is 39.2. The summed E-state index contributed by atoms with van der Waals surface area (Å²) in [6, 6.07) is 8.66. The Bertz CT molecular complexity index is 717. The van der Waals surface area contributed by atoms with Crippen LogP contribution in [0.1, 0.15) is 0 Å². The number of carboxylic acids is 1. The molecule has 3 unspecified atom stereocenters. The first-order valence-corrected chi connectivity index (χ1v) is 6.92. The van der Waals surface area contributed by atoms with E-state index in [2.05, 4.69) is 4.98 Å². The number of aliphatic hydroxyl groups is 3. The second-order valence-corrected chi connectivity index (χ2v) is 5.18. The van der Waals surface area contributed by atoms with Gasteiger partial charge in [0.25, 0.3) is 0 Å². The predicted octanol–water partition coefficient (Wildman–Crippen LogP) is -0.494. The topological polar surface area (TPSA) is 129 Å². The lowest BCUT2D eigenvalue weighted by Gasteiger charge is -2.38. The lowest BCUT2D eigenvalue weighted by molar-refractivity contribution is -0.270. The Labute approximate surface area is 130 Å². The summed E-state index contributed by atoms with van der Waals surface area (Å²) in [6.45, 7) is 0. The van der Waals surface area contributed by atoms with Crippen molar-refractivity contribution in [2.24, 2.45) is 0 Å². The fourth-order valence-corrected chi connectivity index (χ4v) is 2.45. The second-order valence-electron chi connectivity index (χ2n) is 5.18. The number of para-hydroxylation sites is 1. The van der Waals surface area contributed by atoms with E-state index < -0.39 is 36.7 Å². The van der Waals surface area contributed by atoms with Crippen LogP contribution in [0.3, 0.4) is 0 Å². The summed E-state index contributed by atoms with van der Waals surface area (Å²) in [7, 11) is 0. The summed E-state index contributed by atoms with van der Waals surface area (Å²) in [5.41, 5.74) is 0.498. The highest BCUT2D eigenvalue weighted by Crippen LogP contribution is 2.28. The molecule has 8 nitrogen and oxygen atoms in total. The van der Waals surface area contributed by atoms with Crippen LogP contribution in [0.15, 0.2) is 36.5 Å². The van der Waals surface area contributed by atoms with Crippen LogP contribution in [0.2, 0.25) is 0 Å². The number of carboxylic acid groups (broad SMARTS) is 1. The number of fused-ring (bicyclic) bond motifs is 1. The van der Waals surface area contributed by atoms with Gasteiger partial charge in [0.2, 0.25) is 6.29 Å². The normalized spacial score (nSPS) is 31.0. The van der Waals surface area contributed by atoms with E-state index >= 15 is 0 Å². The highest BCUT2D eigenvalue weighted by atomic mass is 16.7. The van der Waals surface area contributed by atoms with Crippen molar-refractivity contribution in [3.8, 4) is 5.75 Å². The smallest absolute Gasteiger partial charge is 0.335 e. The van der Waals surface area contributed by atoms with Crippen molar-refractivity contribution >= 4 is 16.9 Å². The van der Waals surface area contributed by atoms with Gasteiger partial charge < -0.3 is 29.9 Å². The zero-order valence-corrected chi connectivity index (χ0v) is 11.8. The fourth-order valence-electron chi connectivity index (χ4n) is 2.45. The second kappa shape index (κ2) is 6.09. The van der Waals surface area contributed by atoms with Crippen LogP contribution < -0.4 is 4.74 Å². The summed E-state index contributed by atoms with van der Waals surface area (Å²) in [4.78, 5) is 15.3. The monoisotopic (exact) mass is 321 g/mol. The molecule has 1 aromatic carbocycles. The number of ether oxygens (including phenoxy) is 2. The molecule has 0 saturated carbocycles. The molecule has 0 spiro atoms. The first-order valence-electron chi connectivity index (χ1n) is 6.92. The van der Waals surface area contributed by atoms with Gasteiger partial charge in [-0.2, -0.15) is 0 Å². The maximum atomic E-state index is 11.1. The number of aromatic nitrogens is 1. The summed E-state index contributed by atoms with van der Waals surface area (Å²) >= 11 is 0. The quantitative estimate of drug-likeness (QED) is 0.596. The van der Waals surface area contributed by atoms with Crippen LogP contribution in [-0.4, -0.2) is 62.1 Å². The number of hydrogen-bond donors (Lipinski definition) is 4. The van der Waals surface area contributed by atoms with E-state index in [0.29, 0.717) is 5.52 Å². The minimum Gasteiger partial charge on any atom is -0.479 e. The van der Waals surface area contributed by atoms with Gasteiger partial charge in [0.1, 0.15) is 29.6 Å². The molecule has 23 heavy (non-hydrogen) atoms. The molecule has 2 aromatic rings. The minimum atomic E-state index is -1.76. The maximum absolute atomic E-state index is 11.1. The van der Waals surface area contributed by atoms with Crippen LogP contribution >= 0.6 is 0 Å². The van der Waals surface area contributed by atoms with Crippen molar-refractivity contribution in [2.45, 2.75) is 30.7 Å². The Hall–Kier alpha value is -2.26. The van der Waals surface area contributed by atoms with Crippen molar-refractivity contribution < 1.29 is 34.7 Å². The van der Waals surface area contributed by atoms with Crippen LogP contribution in [0.5, 0.6) is 5.75 Å². The molecule has 1 aliphatic heterocycles. The molecule has 1 aromatic heterocycles. The molecule has 1 fully saturated rings. The van der Waals surface area contributed by atoms with Gasteiger partial charge in [-0.05, 0) is 12.1 Å². The van der Waals surface area contributed by atoms with E-state index in [1.165, 1.54) is 0 Å². The van der Waals surface area contributed by atoms with Gasteiger partial charge >= 0.3 is 5.97 Å². The van der Waals surface area contributed by atoms with E-state index in [-0.39, 0.29) is 5.75 Å². The highest BCUT2D eigenvalue weighted by Gasteiger charge is 2.48. The number of hydrogen-bond acceptors (Lipinski definition) is 7. The molecule has 5 atom stereocenters. The highest BCUT2D eigenvalue weighted by molar-refractivity contribution is 5.84. The van der Waals surface area contributed by atoms with Gasteiger partial charge in [-0.15, -0.1) is 0 Å². The molecular weight excluding hydrogens is 306 g/mol. The number of pyridine rings is 1. The fraction of sp³-hybridized carbons (Fsp3) is 0.333. The molecule has 3 rings (SSSR count). The lowest BCUT2D eigenvalue weighted by Crippen LogP contribution is -2.61. The van der Waals surface area contributed by atoms with E-state index in [1.54, 1.807) is 24.4 Å². The van der Waals surface area contributed by atoms with Gasteiger partial charge in [0, 0.05) is 11.6 Å². The first kappa shape index (κ1) is 15.6. The van der Waals surface area contributed by atoms with Crippen molar-refractivity contribution in [3.63, 3.8) is 0 Å². The Kier molecular flexibility index (Phi) is 4.14. The zero-order chi connectivity index (χ0) is 16.6. The van der Waals surface area contributed by atoms with E-state index in [9.17, 15) is 20.1 Å². The number of nitrogens with zero attached hydrogens (tertiary/aromatic N) is 1. The third-order valence-electron chi connectivity index (χ3n) is 3.65. The number of benzene rings is 1. The van der Waals surface area contributed by atoms with E-state index in [4.69, 9.17) is 14.6 Å². The number of aliphatic carboxylic acids is 1. The Morgan fingerprint density at radius 1 is 1.09 bits per heavy atom. The van der Waals surface area contributed by atoms with Crippen LogP contribution in [0.4, 0.5) is 0 Å². The van der Waals surface area contributed by atoms with Gasteiger partial charge in [-0.25, -0.2) is 4.79 Å². The predicted molar refractivity (Wildman–Crippen MR) is 76.7 cm³/mol. The molecule has 4 N–H and O–H groups in total. The first-order chi connectivity index (χ1) is 11.0. The molecule has 0 bridgehead atoms. The van der Waals surface area contributed by atoms with Crippen LogP contribution in [0.25, 0.3) is 10.9 Å². The number of carbonyl (C=O) groups is 1. The lowest BCUT2D eigenvalue weighted by atomic mass is 9.99. The van der Waals surface area contributed by atoms with Crippen LogP contribution in [0, 0.1) is 0 Å². The zero-order valence-electron chi connectivity index (χ0n) is 11.8. The maximum Gasteiger partial charge on any atom is 0.335 e. The van der Waals surface area contributed by atoms with Crippen LogP contribution in [-0.2, 0) is 9.53 Å². The van der Waals surface area contributed by atoms with Crippen molar-refractivity contribution in [2.75, 3.05) is 0 Å². The molecule has 122 valence electrons. The average Bonchev–Trinajstić information content (AvgIpc) is 2.55. The van der Waals surface area contributed by atoms with Crippen molar-refractivity contribution in [1.29, 1.82) is 0 Å².